The molecule has 0 spiro atoms. The number of nitrogens with one attached hydrogen (secondary N) is 2. The monoisotopic (exact) mass is 344 g/mol. The lowest BCUT2D eigenvalue weighted by Crippen LogP contribution is -2.38. The number of hydrogen-bond donors (Lipinski definition) is 2. The first kappa shape index (κ1) is 18.5. The van der Waals surface area contributed by atoms with Gasteiger partial charge in [-0.15, -0.1) is 0 Å². The third-order valence-electron chi connectivity index (χ3n) is 3.99. The van der Waals surface area contributed by atoms with Crippen LogP contribution in [-0.4, -0.2) is 21.1 Å². The highest BCUT2D eigenvalue weighted by Gasteiger charge is 2.10. The number of benzene rings is 1. The quantitative estimate of drug-likeness (QED) is 0.852. The number of nitrogens with zero attached hydrogens (tertiary/aromatic N) is 2. The molecule has 2 rings (SSSR count). The van der Waals surface area contributed by atoms with Gasteiger partial charge < -0.3 is 10.6 Å². The molecule has 0 fully saturated rings. The highest BCUT2D eigenvalue weighted by Crippen LogP contribution is 2.17. The summed E-state index contributed by atoms with van der Waals surface area (Å²) < 4.78 is 2.51. The summed E-state index contributed by atoms with van der Waals surface area (Å²) in [6.07, 6.45) is 0. The molecule has 134 valence electrons. The van der Waals surface area contributed by atoms with Crippen LogP contribution < -0.4 is 21.9 Å². The van der Waals surface area contributed by atoms with E-state index in [2.05, 4.69) is 10.6 Å². The van der Waals surface area contributed by atoms with Gasteiger partial charge in [0.1, 0.15) is 0 Å². The molecule has 1 heterocycles. The SMILES string of the molecule is Cc1cc(C(=O)NC(C)C)ccc1NCc1cc(=O)n(C)c(=O)n1C. The van der Waals surface area contributed by atoms with Gasteiger partial charge in [0.25, 0.3) is 11.5 Å². The normalized spacial score (nSPS) is 10.8. The van der Waals surface area contributed by atoms with Crippen LogP contribution in [0.4, 0.5) is 5.69 Å². The lowest BCUT2D eigenvalue weighted by Gasteiger charge is -2.14. The Labute approximate surface area is 146 Å². The second-order valence-corrected chi connectivity index (χ2v) is 6.39. The van der Waals surface area contributed by atoms with Gasteiger partial charge in [0, 0.05) is 43.1 Å². The zero-order valence-electron chi connectivity index (χ0n) is 15.2. The molecular weight excluding hydrogens is 320 g/mol. The van der Waals surface area contributed by atoms with E-state index in [-0.39, 0.29) is 23.2 Å². The summed E-state index contributed by atoms with van der Waals surface area (Å²) in [5, 5.41) is 6.07. The highest BCUT2D eigenvalue weighted by molar-refractivity contribution is 5.95. The van der Waals surface area contributed by atoms with Crippen molar-refractivity contribution in [2.24, 2.45) is 14.1 Å². The number of anilines is 1. The Morgan fingerprint density at radius 3 is 2.40 bits per heavy atom. The largest absolute Gasteiger partial charge is 0.379 e. The molecule has 0 radical (unpaired) electrons. The molecule has 1 aromatic heterocycles. The summed E-state index contributed by atoms with van der Waals surface area (Å²) in [6, 6.07) is 6.89. The van der Waals surface area contributed by atoms with Crippen LogP contribution in [0, 0.1) is 6.92 Å². The summed E-state index contributed by atoms with van der Waals surface area (Å²) in [5.74, 6) is -0.112. The van der Waals surface area contributed by atoms with Gasteiger partial charge in [0.05, 0.1) is 6.54 Å². The maximum atomic E-state index is 12.0. The summed E-state index contributed by atoms with van der Waals surface area (Å²) in [7, 11) is 3.08. The molecule has 0 aliphatic rings. The summed E-state index contributed by atoms with van der Waals surface area (Å²) >= 11 is 0. The van der Waals surface area contributed by atoms with E-state index in [4.69, 9.17) is 0 Å². The van der Waals surface area contributed by atoms with Crippen molar-refractivity contribution in [2.75, 3.05) is 5.32 Å². The standard InChI is InChI=1S/C18H24N4O3/c1-11(2)20-17(24)13-6-7-15(12(3)8-13)19-10-14-9-16(23)22(5)18(25)21(14)4/h6-9,11,19H,10H2,1-5H3,(H,20,24). The average molecular weight is 344 g/mol. The summed E-state index contributed by atoms with van der Waals surface area (Å²) in [5.41, 5.74) is 2.24. The zero-order chi connectivity index (χ0) is 18.7. The van der Waals surface area contributed by atoms with Crippen molar-refractivity contribution in [3.63, 3.8) is 0 Å². The van der Waals surface area contributed by atoms with E-state index in [9.17, 15) is 14.4 Å². The Morgan fingerprint density at radius 2 is 1.80 bits per heavy atom. The van der Waals surface area contributed by atoms with E-state index < -0.39 is 0 Å². The van der Waals surface area contributed by atoms with Crippen LogP contribution in [0.15, 0.2) is 33.9 Å². The van der Waals surface area contributed by atoms with Crippen molar-refractivity contribution in [3.8, 4) is 0 Å². The molecule has 25 heavy (non-hydrogen) atoms. The van der Waals surface area contributed by atoms with Crippen molar-refractivity contribution in [2.45, 2.75) is 33.4 Å². The number of aromatic nitrogens is 2. The first-order valence-electron chi connectivity index (χ1n) is 8.12. The van der Waals surface area contributed by atoms with Gasteiger partial charge in [-0.3, -0.25) is 18.7 Å². The molecule has 0 saturated carbocycles. The number of aryl methyl sites for hydroxylation is 1. The van der Waals surface area contributed by atoms with Crippen LogP contribution in [-0.2, 0) is 20.6 Å². The number of rotatable bonds is 5. The lowest BCUT2D eigenvalue weighted by atomic mass is 10.1. The fourth-order valence-corrected chi connectivity index (χ4v) is 2.48. The molecule has 1 aromatic carbocycles. The number of amides is 1. The number of carbonyl (C=O) groups is 1. The second kappa shape index (κ2) is 7.38. The summed E-state index contributed by atoms with van der Waals surface area (Å²) in [4.78, 5) is 35.8. The second-order valence-electron chi connectivity index (χ2n) is 6.39. The third kappa shape index (κ3) is 4.17. The zero-order valence-corrected chi connectivity index (χ0v) is 15.2. The third-order valence-corrected chi connectivity index (χ3v) is 3.99. The molecule has 0 aliphatic carbocycles. The molecule has 2 aromatic rings. The van der Waals surface area contributed by atoms with Crippen molar-refractivity contribution in [1.82, 2.24) is 14.5 Å². The molecule has 0 aliphatic heterocycles. The predicted octanol–water partition coefficient (Wildman–Crippen LogP) is 1.14. The van der Waals surface area contributed by atoms with Crippen LogP contribution in [0.5, 0.6) is 0 Å². The van der Waals surface area contributed by atoms with Gasteiger partial charge in [-0.1, -0.05) is 0 Å². The molecule has 7 heteroatoms. The van der Waals surface area contributed by atoms with Gasteiger partial charge in [-0.05, 0) is 44.5 Å². The Balaban J connectivity index is 2.18. The van der Waals surface area contributed by atoms with Crippen LogP contribution in [0.25, 0.3) is 0 Å². The van der Waals surface area contributed by atoms with E-state index >= 15 is 0 Å². The molecule has 0 atom stereocenters. The van der Waals surface area contributed by atoms with Crippen LogP contribution in [0.3, 0.4) is 0 Å². The Kier molecular flexibility index (Phi) is 5.46. The van der Waals surface area contributed by atoms with Crippen LogP contribution in [0.2, 0.25) is 0 Å². The van der Waals surface area contributed by atoms with E-state index in [0.29, 0.717) is 17.8 Å². The maximum Gasteiger partial charge on any atom is 0.330 e. The lowest BCUT2D eigenvalue weighted by molar-refractivity contribution is 0.0943. The number of hydrogen-bond acceptors (Lipinski definition) is 4. The minimum Gasteiger partial charge on any atom is -0.379 e. The van der Waals surface area contributed by atoms with Crippen molar-refractivity contribution in [3.05, 3.63) is 61.9 Å². The van der Waals surface area contributed by atoms with Crippen molar-refractivity contribution in [1.29, 1.82) is 0 Å². The maximum absolute atomic E-state index is 12.0. The smallest absolute Gasteiger partial charge is 0.330 e. The van der Waals surface area contributed by atoms with Crippen molar-refractivity contribution >= 4 is 11.6 Å². The molecule has 2 N–H and O–H groups in total. The first-order valence-corrected chi connectivity index (χ1v) is 8.12. The minimum atomic E-state index is -0.360. The van der Waals surface area contributed by atoms with Gasteiger partial charge in [-0.25, -0.2) is 4.79 Å². The minimum absolute atomic E-state index is 0.0765. The molecule has 1 amide bonds. The fraction of sp³-hybridized carbons (Fsp3) is 0.389. The molecule has 0 saturated heterocycles. The molecule has 0 bridgehead atoms. The Bertz CT molecular complexity index is 910. The van der Waals surface area contributed by atoms with Crippen LogP contribution in [0.1, 0.15) is 35.5 Å². The van der Waals surface area contributed by atoms with E-state index in [1.165, 1.54) is 17.7 Å². The predicted molar refractivity (Wildman–Crippen MR) is 98.0 cm³/mol. The van der Waals surface area contributed by atoms with Gasteiger partial charge >= 0.3 is 5.69 Å². The van der Waals surface area contributed by atoms with Gasteiger partial charge in [0.2, 0.25) is 0 Å². The first-order chi connectivity index (χ1) is 11.7. The fourth-order valence-electron chi connectivity index (χ4n) is 2.48. The van der Waals surface area contributed by atoms with Crippen LogP contribution >= 0.6 is 0 Å². The Morgan fingerprint density at radius 1 is 1.12 bits per heavy atom. The molecule has 0 unspecified atom stereocenters. The number of carbonyl (C=O) groups excluding carboxylic acids is 1. The highest BCUT2D eigenvalue weighted by atomic mass is 16.2. The van der Waals surface area contributed by atoms with Gasteiger partial charge in [-0.2, -0.15) is 0 Å². The van der Waals surface area contributed by atoms with E-state index in [1.54, 1.807) is 13.1 Å². The van der Waals surface area contributed by atoms with E-state index in [0.717, 1.165) is 15.8 Å². The van der Waals surface area contributed by atoms with E-state index in [1.807, 2.05) is 32.9 Å². The summed E-state index contributed by atoms with van der Waals surface area (Å²) in [6.45, 7) is 6.06. The Hall–Kier alpha value is -2.83. The molecular formula is C18H24N4O3. The average Bonchev–Trinajstić information content (AvgIpc) is 2.55. The topological polar surface area (TPSA) is 85.1 Å². The molecule has 7 nitrogen and oxygen atoms in total. The van der Waals surface area contributed by atoms with Gasteiger partial charge in [0.15, 0.2) is 0 Å². The van der Waals surface area contributed by atoms with Crippen molar-refractivity contribution < 1.29 is 4.79 Å².